The summed E-state index contributed by atoms with van der Waals surface area (Å²) in [5, 5.41) is 6.35. The van der Waals surface area contributed by atoms with Crippen LogP contribution in [0.3, 0.4) is 0 Å². The number of hydrogen-bond donors (Lipinski definition) is 2. The van der Waals surface area contributed by atoms with Gasteiger partial charge in [0.05, 0.1) is 0 Å². The van der Waals surface area contributed by atoms with Gasteiger partial charge in [0, 0.05) is 25.4 Å². The highest BCUT2D eigenvalue weighted by atomic mass is 16.2. The number of carbonyl (C=O) groups excluding carboxylic acids is 2. The van der Waals surface area contributed by atoms with Crippen LogP contribution in [-0.2, 0) is 9.59 Å². The molecule has 2 amide bonds. The van der Waals surface area contributed by atoms with Crippen LogP contribution in [0.1, 0.15) is 188 Å². The summed E-state index contributed by atoms with van der Waals surface area (Å²) in [5.41, 5.74) is 0. The fourth-order valence-corrected chi connectivity index (χ4v) is 5.81. The van der Waals surface area contributed by atoms with E-state index in [1.165, 1.54) is 77.0 Å². The lowest BCUT2D eigenvalue weighted by molar-refractivity contribution is -0.122. The van der Waals surface area contributed by atoms with E-state index in [2.05, 4.69) is 111 Å². The van der Waals surface area contributed by atoms with Crippen LogP contribution in [0, 0.1) is 5.92 Å². The SMILES string of the molecule is CC/C=C\C/C=C\C/C=C\C/C=C\C/C=C\C/C=C\CCC(=O)N[C@@H](CCCCNC(=O)CCCCCCCCCCCCCCC)C(C)C. The highest BCUT2D eigenvalue weighted by Crippen LogP contribution is 2.14. The topological polar surface area (TPSA) is 58.2 Å². The van der Waals surface area contributed by atoms with Crippen molar-refractivity contribution < 1.29 is 9.59 Å². The van der Waals surface area contributed by atoms with Gasteiger partial charge in [-0.2, -0.15) is 0 Å². The highest BCUT2D eigenvalue weighted by Gasteiger charge is 2.15. The van der Waals surface area contributed by atoms with E-state index in [0.29, 0.717) is 18.8 Å². The van der Waals surface area contributed by atoms with Gasteiger partial charge in [0.25, 0.3) is 0 Å². The molecule has 0 aromatic heterocycles. The van der Waals surface area contributed by atoms with E-state index in [9.17, 15) is 9.59 Å². The fourth-order valence-electron chi connectivity index (χ4n) is 5.81. The lowest BCUT2D eigenvalue weighted by atomic mass is 9.98. The first-order chi connectivity index (χ1) is 24.5. The number of hydrogen-bond acceptors (Lipinski definition) is 2. The van der Waals surface area contributed by atoms with Crippen LogP contribution in [0.2, 0.25) is 0 Å². The zero-order chi connectivity index (χ0) is 36.6. The molecule has 0 rings (SSSR count). The number of carbonyl (C=O) groups is 2. The summed E-state index contributed by atoms with van der Waals surface area (Å²) < 4.78 is 0. The van der Waals surface area contributed by atoms with Crippen LogP contribution in [-0.4, -0.2) is 24.4 Å². The molecule has 0 heterocycles. The molecule has 0 aromatic carbocycles. The number of allylic oxidation sites excluding steroid dienone is 12. The monoisotopic (exact) mass is 693 g/mol. The molecule has 0 fully saturated rings. The Bertz CT molecular complexity index is 940. The van der Waals surface area contributed by atoms with Crippen LogP contribution in [0.25, 0.3) is 0 Å². The summed E-state index contributed by atoms with van der Waals surface area (Å²) in [6.07, 6.45) is 54.5. The van der Waals surface area contributed by atoms with Crippen LogP contribution in [0.15, 0.2) is 72.9 Å². The summed E-state index contributed by atoms with van der Waals surface area (Å²) >= 11 is 0. The Kier molecular flexibility index (Phi) is 37.1. The third-order valence-corrected chi connectivity index (χ3v) is 9.06. The summed E-state index contributed by atoms with van der Waals surface area (Å²) in [6, 6.07) is 0.189. The lowest BCUT2D eigenvalue weighted by Crippen LogP contribution is -2.38. The minimum atomic E-state index is 0.134. The Morgan fingerprint density at radius 2 is 0.920 bits per heavy atom. The van der Waals surface area contributed by atoms with Gasteiger partial charge < -0.3 is 10.6 Å². The number of nitrogens with one attached hydrogen (secondary N) is 2. The Hall–Kier alpha value is -2.62. The third kappa shape index (κ3) is 36.7. The van der Waals surface area contributed by atoms with E-state index in [1.807, 2.05) is 0 Å². The van der Waals surface area contributed by atoms with Crippen LogP contribution in [0.4, 0.5) is 0 Å². The molecule has 4 heteroatoms. The van der Waals surface area contributed by atoms with Crippen molar-refractivity contribution in [3.8, 4) is 0 Å². The Morgan fingerprint density at radius 3 is 1.38 bits per heavy atom. The predicted molar refractivity (Wildman–Crippen MR) is 221 cm³/mol. The average Bonchev–Trinajstić information content (AvgIpc) is 3.10. The van der Waals surface area contributed by atoms with Crippen molar-refractivity contribution in [1.29, 1.82) is 0 Å². The zero-order valence-corrected chi connectivity index (χ0v) is 33.3. The van der Waals surface area contributed by atoms with Gasteiger partial charge in [-0.15, -0.1) is 0 Å². The maximum atomic E-state index is 12.6. The molecule has 0 unspecified atom stereocenters. The molecule has 4 nitrogen and oxygen atoms in total. The summed E-state index contributed by atoms with van der Waals surface area (Å²) in [6.45, 7) is 9.52. The number of amides is 2. The Labute approximate surface area is 310 Å². The maximum absolute atomic E-state index is 12.6. The molecule has 0 radical (unpaired) electrons. The van der Waals surface area contributed by atoms with Crippen molar-refractivity contribution in [2.75, 3.05) is 6.54 Å². The van der Waals surface area contributed by atoms with Crippen LogP contribution >= 0.6 is 0 Å². The first kappa shape index (κ1) is 47.4. The van der Waals surface area contributed by atoms with Gasteiger partial charge in [0.2, 0.25) is 11.8 Å². The van der Waals surface area contributed by atoms with Crippen molar-refractivity contribution >= 4 is 11.8 Å². The zero-order valence-electron chi connectivity index (χ0n) is 33.3. The minimum Gasteiger partial charge on any atom is -0.356 e. The first-order valence-electron chi connectivity index (χ1n) is 21.0. The quantitative estimate of drug-likeness (QED) is 0.0513. The Morgan fingerprint density at radius 1 is 0.480 bits per heavy atom. The molecule has 50 heavy (non-hydrogen) atoms. The summed E-state index contributed by atoms with van der Waals surface area (Å²) in [7, 11) is 0. The smallest absolute Gasteiger partial charge is 0.220 e. The molecule has 2 N–H and O–H groups in total. The van der Waals surface area contributed by atoms with Crippen molar-refractivity contribution in [2.24, 2.45) is 5.92 Å². The van der Waals surface area contributed by atoms with Gasteiger partial charge in [0.1, 0.15) is 0 Å². The van der Waals surface area contributed by atoms with Gasteiger partial charge in [0.15, 0.2) is 0 Å². The molecular formula is C46H80N2O2. The molecular weight excluding hydrogens is 613 g/mol. The standard InChI is InChI=1S/C46H80N2O2/c1-5-7-9-11-13-15-17-19-20-21-22-23-24-26-28-30-32-34-36-41-46(50)48-44(43(3)4)39-37-38-42-47-45(49)40-35-33-31-29-27-25-18-16-14-12-10-8-6-2/h7,9,13,15,19-20,22-23,26,28,32,34,43-44H,5-6,8,10-12,14,16-18,21,24-25,27,29-31,33,35-42H2,1-4H3,(H,47,49)(H,48,50)/b9-7-,15-13-,20-19-,23-22-,28-26-,34-32-/t44-/m0/s1. The molecule has 1 atom stereocenters. The second-order valence-electron chi connectivity index (χ2n) is 14.2. The first-order valence-corrected chi connectivity index (χ1v) is 21.0. The van der Waals surface area contributed by atoms with E-state index >= 15 is 0 Å². The van der Waals surface area contributed by atoms with Gasteiger partial charge >= 0.3 is 0 Å². The maximum Gasteiger partial charge on any atom is 0.220 e. The second-order valence-corrected chi connectivity index (χ2v) is 14.2. The van der Waals surface area contributed by atoms with E-state index in [1.54, 1.807) is 0 Å². The average molecular weight is 693 g/mol. The molecule has 0 aliphatic rings. The summed E-state index contributed by atoms with van der Waals surface area (Å²) in [4.78, 5) is 24.8. The fraction of sp³-hybridized carbons (Fsp3) is 0.696. The Balaban J connectivity index is 3.78. The van der Waals surface area contributed by atoms with Gasteiger partial charge in [-0.1, -0.05) is 178 Å². The highest BCUT2D eigenvalue weighted by molar-refractivity contribution is 5.76. The molecule has 286 valence electrons. The molecule has 0 bridgehead atoms. The molecule has 0 aliphatic carbocycles. The van der Waals surface area contributed by atoms with Crippen LogP contribution < -0.4 is 10.6 Å². The lowest BCUT2D eigenvalue weighted by Gasteiger charge is -2.22. The van der Waals surface area contributed by atoms with Gasteiger partial charge in [-0.25, -0.2) is 0 Å². The van der Waals surface area contributed by atoms with Crippen molar-refractivity contribution in [3.05, 3.63) is 72.9 Å². The van der Waals surface area contributed by atoms with Crippen LogP contribution in [0.5, 0.6) is 0 Å². The normalized spacial score (nSPS) is 13.1. The molecule has 0 saturated carbocycles. The molecule has 0 saturated heterocycles. The van der Waals surface area contributed by atoms with Gasteiger partial charge in [-0.05, 0) is 76.5 Å². The molecule has 0 aliphatic heterocycles. The van der Waals surface area contributed by atoms with Gasteiger partial charge in [-0.3, -0.25) is 9.59 Å². The van der Waals surface area contributed by atoms with Crippen molar-refractivity contribution in [2.45, 2.75) is 194 Å². The second kappa shape index (κ2) is 39.2. The minimum absolute atomic E-state index is 0.134. The van der Waals surface area contributed by atoms with E-state index < -0.39 is 0 Å². The van der Waals surface area contributed by atoms with Crippen molar-refractivity contribution in [3.63, 3.8) is 0 Å². The van der Waals surface area contributed by atoms with E-state index in [0.717, 1.165) is 77.2 Å². The third-order valence-electron chi connectivity index (χ3n) is 9.06. The van der Waals surface area contributed by atoms with Crippen molar-refractivity contribution in [1.82, 2.24) is 10.6 Å². The van der Waals surface area contributed by atoms with E-state index in [-0.39, 0.29) is 17.9 Å². The predicted octanol–water partition coefficient (Wildman–Crippen LogP) is 13.4. The summed E-state index contributed by atoms with van der Waals surface area (Å²) in [5.74, 6) is 0.723. The number of unbranched alkanes of at least 4 members (excludes halogenated alkanes) is 13. The number of rotatable bonds is 35. The van der Waals surface area contributed by atoms with E-state index in [4.69, 9.17) is 0 Å². The molecule has 0 aromatic rings. The molecule has 0 spiro atoms. The largest absolute Gasteiger partial charge is 0.356 e.